The van der Waals surface area contributed by atoms with E-state index >= 15 is 0 Å². The molecule has 0 spiro atoms. The first-order valence-electron chi connectivity index (χ1n) is 4.43. The second-order valence-corrected chi connectivity index (χ2v) is 3.09. The molecule has 67 valence electrons. The van der Waals surface area contributed by atoms with Crippen molar-refractivity contribution in [3.05, 3.63) is 67.1 Å². The quantitative estimate of drug-likeness (QED) is 0.609. The minimum atomic E-state index is 0.893. The van der Waals surface area contributed by atoms with Crippen LogP contribution in [0.1, 0.15) is 16.7 Å². The Morgan fingerprint density at radius 2 is 1.77 bits per heavy atom. The van der Waals surface area contributed by atoms with Crippen molar-refractivity contribution >= 4 is 0 Å². The van der Waals surface area contributed by atoms with Crippen LogP contribution in [0.2, 0.25) is 0 Å². The topological polar surface area (TPSA) is 0 Å². The molecular weight excluding hydrogens is 156 g/mol. The van der Waals surface area contributed by atoms with Gasteiger partial charge in [0.15, 0.2) is 0 Å². The molecule has 0 fully saturated rings. The zero-order chi connectivity index (χ0) is 9.68. The van der Waals surface area contributed by atoms with Crippen molar-refractivity contribution in [3.63, 3.8) is 0 Å². The van der Waals surface area contributed by atoms with E-state index in [-0.39, 0.29) is 0 Å². The molecule has 0 aliphatic carbocycles. The summed E-state index contributed by atoms with van der Waals surface area (Å²) >= 11 is 0. The fraction of sp³-hybridized carbons (Fsp3) is 0.154. The third kappa shape index (κ3) is 2.59. The fourth-order valence-corrected chi connectivity index (χ4v) is 1.32. The molecule has 0 saturated heterocycles. The molecule has 13 heavy (non-hydrogen) atoms. The molecule has 0 nitrogen and oxygen atoms in total. The first-order valence-corrected chi connectivity index (χ1v) is 4.43. The smallest absolute Gasteiger partial charge is 0.00973 e. The van der Waals surface area contributed by atoms with E-state index in [1.807, 2.05) is 12.2 Å². The molecule has 0 bridgehead atoms. The normalized spacial score (nSPS) is 9.62. The van der Waals surface area contributed by atoms with Crippen LogP contribution in [0.5, 0.6) is 0 Å². The number of hydrogen-bond donors (Lipinski definition) is 0. The number of allylic oxidation sites excluding steroid dienone is 2. The lowest BCUT2D eigenvalue weighted by molar-refractivity contribution is 1.19. The third-order valence-corrected chi connectivity index (χ3v) is 2.01. The zero-order valence-corrected chi connectivity index (χ0v) is 7.92. The van der Waals surface area contributed by atoms with Crippen LogP contribution < -0.4 is 0 Å². The highest BCUT2D eigenvalue weighted by Gasteiger charge is 1.97. The Morgan fingerprint density at radius 1 is 1.08 bits per heavy atom. The highest BCUT2D eigenvalue weighted by molar-refractivity contribution is 5.35. The molecule has 0 aromatic heterocycles. The molecule has 0 heterocycles. The van der Waals surface area contributed by atoms with E-state index in [0.29, 0.717) is 0 Å². The maximum Gasteiger partial charge on any atom is -0.00973 e. The highest BCUT2D eigenvalue weighted by atomic mass is 14.0. The maximum absolute atomic E-state index is 3.97. The Morgan fingerprint density at radius 3 is 2.38 bits per heavy atom. The van der Waals surface area contributed by atoms with Gasteiger partial charge in [-0.3, -0.25) is 0 Å². The van der Waals surface area contributed by atoms with Crippen molar-refractivity contribution in [1.29, 1.82) is 0 Å². The van der Waals surface area contributed by atoms with Crippen LogP contribution in [0.25, 0.3) is 0 Å². The van der Waals surface area contributed by atoms with E-state index < -0.39 is 0 Å². The maximum atomic E-state index is 3.97. The average Bonchev–Trinajstić information content (AvgIpc) is 2.12. The second-order valence-electron chi connectivity index (χ2n) is 3.09. The molecule has 0 aliphatic heterocycles. The largest absolute Gasteiger partial charge is 0.103 e. The monoisotopic (exact) mass is 171 g/mol. The average molecular weight is 171 g/mol. The van der Waals surface area contributed by atoms with Gasteiger partial charge in [-0.2, -0.15) is 0 Å². The van der Waals surface area contributed by atoms with Gasteiger partial charge in [0, 0.05) is 0 Å². The number of rotatable bonds is 4. The Hall–Kier alpha value is -1.30. The van der Waals surface area contributed by atoms with Crippen LogP contribution in [0, 0.1) is 6.92 Å². The Balaban J connectivity index is 2.95. The van der Waals surface area contributed by atoms with Crippen molar-refractivity contribution in [2.24, 2.45) is 0 Å². The minimum absolute atomic E-state index is 0.893. The summed E-state index contributed by atoms with van der Waals surface area (Å²) in [6.07, 6.45) is 5.63. The Bertz CT molecular complexity index is 308. The van der Waals surface area contributed by atoms with Crippen LogP contribution in [-0.4, -0.2) is 0 Å². The summed E-state index contributed by atoms with van der Waals surface area (Å²) < 4.78 is 0. The summed E-state index contributed by atoms with van der Waals surface area (Å²) in [6, 6.07) is 6.32. The van der Waals surface area contributed by atoms with Crippen molar-refractivity contribution in [2.45, 2.75) is 12.8 Å². The first kappa shape index (κ1) is 9.79. The summed E-state index contributed by atoms with van der Waals surface area (Å²) in [5.41, 5.74) is 3.64. The van der Waals surface area contributed by atoms with Gasteiger partial charge in [0.2, 0.25) is 0 Å². The summed E-state index contributed by atoms with van der Waals surface area (Å²) in [4.78, 5) is 0. The van der Waals surface area contributed by atoms with E-state index in [0.717, 1.165) is 18.4 Å². The molecular formula is C13H15. The fourth-order valence-electron chi connectivity index (χ4n) is 1.32. The van der Waals surface area contributed by atoms with Crippen LogP contribution >= 0.6 is 0 Å². The highest BCUT2D eigenvalue weighted by Crippen LogP contribution is 2.12. The SMILES string of the molecule is [CH2]c1ccc(CC=C)cc1CC=C. The van der Waals surface area contributed by atoms with E-state index in [1.165, 1.54) is 11.1 Å². The number of hydrogen-bond acceptors (Lipinski definition) is 0. The Kier molecular flexibility index (Phi) is 3.51. The van der Waals surface area contributed by atoms with Crippen LogP contribution in [0.3, 0.4) is 0 Å². The van der Waals surface area contributed by atoms with Gasteiger partial charge < -0.3 is 0 Å². The molecule has 0 heteroatoms. The first-order chi connectivity index (χ1) is 6.27. The second kappa shape index (κ2) is 4.66. The van der Waals surface area contributed by atoms with Crippen molar-refractivity contribution in [2.75, 3.05) is 0 Å². The minimum Gasteiger partial charge on any atom is -0.103 e. The van der Waals surface area contributed by atoms with Crippen molar-refractivity contribution in [3.8, 4) is 0 Å². The van der Waals surface area contributed by atoms with Crippen LogP contribution in [0.4, 0.5) is 0 Å². The molecule has 0 N–H and O–H groups in total. The summed E-state index contributed by atoms with van der Waals surface area (Å²) in [5, 5.41) is 0. The lowest BCUT2D eigenvalue weighted by Gasteiger charge is -2.05. The molecule has 1 radical (unpaired) electrons. The molecule has 0 amide bonds. The van der Waals surface area contributed by atoms with E-state index in [1.54, 1.807) is 0 Å². The van der Waals surface area contributed by atoms with E-state index in [4.69, 9.17) is 0 Å². The third-order valence-electron chi connectivity index (χ3n) is 2.01. The van der Waals surface area contributed by atoms with Gasteiger partial charge in [0.05, 0.1) is 0 Å². The molecule has 0 atom stereocenters. The van der Waals surface area contributed by atoms with Gasteiger partial charge in [0.25, 0.3) is 0 Å². The van der Waals surface area contributed by atoms with Gasteiger partial charge in [-0.25, -0.2) is 0 Å². The van der Waals surface area contributed by atoms with Gasteiger partial charge in [0.1, 0.15) is 0 Å². The number of benzene rings is 1. The van der Waals surface area contributed by atoms with Crippen LogP contribution in [-0.2, 0) is 12.8 Å². The van der Waals surface area contributed by atoms with Crippen molar-refractivity contribution in [1.82, 2.24) is 0 Å². The van der Waals surface area contributed by atoms with Gasteiger partial charge in [-0.15, -0.1) is 13.2 Å². The molecule has 0 unspecified atom stereocenters. The van der Waals surface area contributed by atoms with Crippen molar-refractivity contribution < 1.29 is 0 Å². The molecule has 1 rings (SSSR count). The predicted molar refractivity (Wildman–Crippen MR) is 58.7 cm³/mol. The lowest BCUT2D eigenvalue weighted by Crippen LogP contribution is -1.90. The van der Waals surface area contributed by atoms with Gasteiger partial charge >= 0.3 is 0 Å². The summed E-state index contributed by atoms with van der Waals surface area (Å²) in [5.74, 6) is 0. The van der Waals surface area contributed by atoms with E-state index in [2.05, 4.69) is 38.3 Å². The molecule has 0 aliphatic rings. The van der Waals surface area contributed by atoms with Gasteiger partial charge in [-0.05, 0) is 36.5 Å². The molecule has 1 aromatic carbocycles. The zero-order valence-electron chi connectivity index (χ0n) is 7.92. The van der Waals surface area contributed by atoms with E-state index in [9.17, 15) is 0 Å². The summed E-state index contributed by atoms with van der Waals surface area (Å²) in [7, 11) is 0. The molecule has 1 aromatic rings. The Labute approximate surface area is 80.6 Å². The summed E-state index contributed by atoms with van der Waals surface area (Å²) in [6.45, 7) is 11.4. The van der Waals surface area contributed by atoms with Crippen LogP contribution in [0.15, 0.2) is 43.5 Å². The van der Waals surface area contributed by atoms with Gasteiger partial charge in [-0.1, -0.05) is 30.4 Å². The lowest BCUT2D eigenvalue weighted by atomic mass is 10.0. The molecule has 0 saturated carbocycles. The predicted octanol–water partition coefficient (Wildman–Crippen LogP) is 3.33. The standard InChI is InChI=1S/C13H15/c1-4-6-12-9-8-11(3)13(10-12)7-5-2/h4-5,8-10H,1-3,6-7H2.